The smallest absolute Gasteiger partial charge is 0.130 e. The summed E-state index contributed by atoms with van der Waals surface area (Å²) < 4.78 is 8.26. The summed E-state index contributed by atoms with van der Waals surface area (Å²) in [6.45, 7) is 6.49. The summed E-state index contributed by atoms with van der Waals surface area (Å²) in [5.41, 5.74) is 0. The Morgan fingerprint density at radius 2 is 2.20 bits per heavy atom. The van der Waals surface area contributed by atoms with E-state index in [4.69, 9.17) is 0 Å². The topological polar surface area (TPSA) is 25.8 Å². The Balaban J connectivity index is 2.57. The third-order valence-electron chi connectivity index (χ3n) is 0.752. The lowest BCUT2D eigenvalue weighted by atomic mass is 10.3. The summed E-state index contributed by atoms with van der Waals surface area (Å²) >= 11 is 3.00. The average Bonchev–Trinajstić information content (AvgIpc) is 2.12. The molecule has 1 rings (SSSR count). The number of hydrogen-bond donors (Lipinski definition) is 0. The van der Waals surface area contributed by atoms with Gasteiger partial charge in [0.25, 0.3) is 0 Å². The first-order chi connectivity index (χ1) is 4.58. The van der Waals surface area contributed by atoms with Crippen LogP contribution in [0.1, 0.15) is 20.8 Å². The zero-order chi connectivity index (χ0) is 7.61. The van der Waals surface area contributed by atoms with Gasteiger partial charge in [0.1, 0.15) is 5.03 Å². The standard InChI is InChI=1S/C6H10N2S2/c1-6(2,3)9-5-4-7-10-8-5/h4H,1-3H3. The largest absolute Gasteiger partial charge is 0.180 e. The van der Waals surface area contributed by atoms with Crippen molar-refractivity contribution in [3.05, 3.63) is 6.20 Å². The van der Waals surface area contributed by atoms with Crippen LogP contribution in [0.25, 0.3) is 0 Å². The highest BCUT2D eigenvalue weighted by atomic mass is 32.2. The molecule has 0 saturated heterocycles. The Labute approximate surface area is 69.4 Å². The summed E-state index contributed by atoms with van der Waals surface area (Å²) in [6.07, 6.45) is 1.81. The predicted octanol–water partition coefficient (Wildman–Crippen LogP) is 2.43. The van der Waals surface area contributed by atoms with Crippen molar-refractivity contribution in [1.82, 2.24) is 8.75 Å². The Morgan fingerprint density at radius 3 is 2.60 bits per heavy atom. The van der Waals surface area contributed by atoms with Crippen LogP contribution in [-0.2, 0) is 0 Å². The van der Waals surface area contributed by atoms with Crippen LogP contribution in [0.3, 0.4) is 0 Å². The van der Waals surface area contributed by atoms with Gasteiger partial charge in [0.05, 0.1) is 17.9 Å². The van der Waals surface area contributed by atoms with Crippen LogP contribution in [0.5, 0.6) is 0 Å². The fourth-order valence-electron chi connectivity index (χ4n) is 0.515. The third kappa shape index (κ3) is 2.66. The third-order valence-corrected chi connectivity index (χ3v) is 2.36. The maximum atomic E-state index is 4.10. The van der Waals surface area contributed by atoms with Crippen molar-refractivity contribution in [3.63, 3.8) is 0 Å². The molecule has 2 nitrogen and oxygen atoms in total. The van der Waals surface area contributed by atoms with E-state index in [1.807, 2.05) is 0 Å². The van der Waals surface area contributed by atoms with Gasteiger partial charge in [0.15, 0.2) is 0 Å². The quantitative estimate of drug-likeness (QED) is 0.611. The Morgan fingerprint density at radius 1 is 1.50 bits per heavy atom. The molecule has 0 unspecified atom stereocenters. The number of rotatable bonds is 1. The van der Waals surface area contributed by atoms with Crippen molar-refractivity contribution < 1.29 is 0 Å². The molecule has 0 saturated carbocycles. The molecule has 0 radical (unpaired) electrons. The van der Waals surface area contributed by atoms with Gasteiger partial charge in [-0.25, -0.2) is 0 Å². The molecule has 0 N–H and O–H groups in total. The minimum absolute atomic E-state index is 0.246. The molecule has 0 aliphatic heterocycles. The number of thioether (sulfide) groups is 1. The van der Waals surface area contributed by atoms with E-state index in [-0.39, 0.29) is 4.75 Å². The molecule has 0 bridgehead atoms. The van der Waals surface area contributed by atoms with E-state index in [2.05, 4.69) is 29.5 Å². The Kier molecular flexibility index (Phi) is 2.31. The zero-order valence-electron chi connectivity index (χ0n) is 6.29. The first-order valence-corrected chi connectivity index (χ1v) is 4.59. The summed E-state index contributed by atoms with van der Waals surface area (Å²) in [4.78, 5) is 0. The van der Waals surface area contributed by atoms with E-state index in [1.165, 1.54) is 11.7 Å². The van der Waals surface area contributed by atoms with Crippen molar-refractivity contribution in [2.24, 2.45) is 0 Å². The summed E-state index contributed by atoms with van der Waals surface area (Å²) in [6, 6.07) is 0. The maximum Gasteiger partial charge on any atom is 0.130 e. The molecule has 1 aromatic rings. The van der Waals surface area contributed by atoms with Crippen LogP contribution in [0, 0.1) is 0 Å². The second kappa shape index (κ2) is 2.88. The van der Waals surface area contributed by atoms with Gasteiger partial charge >= 0.3 is 0 Å². The van der Waals surface area contributed by atoms with E-state index in [0.717, 1.165) is 5.03 Å². The van der Waals surface area contributed by atoms with E-state index >= 15 is 0 Å². The number of nitrogens with zero attached hydrogens (tertiary/aromatic N) is 2. The highest BCUT2D eigenvalue weighted by molar-refractivity contribution is 8.00. The van der Waals surface area contributed by atoms with E-state index in [1.54, 1.807) is 18.0 Å². The molecule has 1 aromatic heterocycles. The molecule has 4 heteroatoms. The average molecular weight is 174 g/mol. The normalized spacial score (nSPS) is 11.9. The van der Waals surface area contributed by atoms with Gasteiger partial charge in [0, 0.05) is 4.75 Å². The minimum Gasteiger partial charge on any atom is -0.180 e. The minimum atomic E-state index is 0.246. The monoisotopic (exact) mass is 174 g/mol. The van der Waals surface area contributed by atoms with Gasteiger partial charge in [-0.15, -0.1) is 0 Å². The van der Waals surface area contributed by atoms with Gasteiger partial charge in [-0.3, -0.25) is 0 Å². The van der Waals surface area contributed by atoms with Crippen LogP contribution in [-0.4, -0.2) is 13.5 Å². The van der Waals surface area contributed by atoms with Crippen molar-refractivity contribution >= 4 is 23.5 Å². The van der Waals surface area contributed by atoms with Gasteiger partial charge in [-0.1, -0.05) is 32.5 Å². The summed E-state index contributed by atoms with van der Waals surface area (Å²) in [5.74, 6) is 0. The molecule has 0 aliphatic carbocycles. The van der Waals surface area contributed by atoms with E-state index < -0.39 is 0 Å². The van der Waals surface area contributed by atoms with Gasteiger partial charge in [-0.05, 0) is 0 Å². The zero-order valence-corrected chi connectivity index (χ0v) is 7.92. The summed E-state index contributed by atoms with van der Waals surface area (Å²) in [5, 5.41) is 1.03. The lowest BCUT2D eigenvalue weighted by molar-refractivity contribution is 0.800. The maximum absolute atomic E-state index is 4.10. The van der Waals surface area contributed by atoms with E-state index in [9.17, 15) is 0 Å². The number of hydrogen-bond acceptors (Lipinski definition) is 4. The summed E-state index contributed by atoms with van der Waals surface area (Å²) in [7, 11) is 0. The SMILES string of the molecule is CC(C)(C)Sc1cnsn1. The van der Waals surface area contributed by atoms with Crippen LogP contribution in [0.15, 0.2) is 11.2 Å². The van der Waals surface area contributed by atoms with Crippen molar-refractivity contribution in [2.75, 3.05) is 0 Å². The first-order valence-electron chi connectivity index (χ1n) is 3.04. The molecule has 0 aromatic carbocycles. The van der Waals surface area contributed by atoms with Crippen LogP contribution >= 0.6 is 23.5 Å². The fourth-order valence-corrected chi connectivity index (χ4v) is 1.89. The Hall–Kier alpha value is -0.0900. The highest BCUT2D eigenvalue weighted by Gasteiger charge is 2.13. The second-order valence-electron chi connectivity index (χ2n) is 2.96. The molecule has 0 atom stereocenters. The van der Waals surface area contributed by atoms with Gasteiger partial charge in [0.2, 0.25) is 0 Å². The lowest BCUT2D eigenvalue weighted by Gasteiger charge is -2.14. The highest BCUT2D eigenvalue weighted by Crippen LogP contribution is 2.29. The molecule has 0 spiro atoms. The molecule has 10 heavy (non-hydrogen) atoms. The molecule has 0 aliphatic rings. The molecule has 56 valence electrons. The molecule has 1 heterocycles. The fraction of sp³-hybridized carbons (Fsp3) is 0.667. The van der Waals surface area contributed by atoms with Crippen molar-refractivity contribution in [1.29, 1.82) is 0 Å². The molecule has 0 fully saturated rings. The number of aromatic nitrogens is 2. The van der Waals surface area contributed by atoms with Gasteiger partial charge in [-0.2, -0.15) is 8.75 Å². The predicted molar refractivity (Wildman–Crippen MR) is 45.5 cm³/mol. The van der Waals surface area contributed by atoms with Crippen molar-refractivity contribution in [3.8, 4) is 0 Å². The Bertz CT molecular complexity index is 188. The lowest BCUT2D eigenvalue weighted by Crippen LogP contribution is -2.06. The second-order valence-corrected chi connectivity index (χ2v) is 5.36. The molecule has 0 amide bonds. The van der Waals surface area contributed by atoms with Gasteiger partial charge < -0.3 is 0 Å². The molecular formula is C6H10N2S2. The van der Waals surface area contributed by atoms with Crippen molar-refractivity contribution in [2.45, 2.75) is 30.5 Å². The molecular weight excluding hydrogens is 164 g/mol. The van der Waals surface area contributed by atoms with Crippen LogP contribution in [0.4, 0.5) is 0 Å². The first kappa shape index (κ1) is 8.01. The van der Waals surface area contributed by atoms with E-state index in [0.29, 0.717) is 0 Å². The van der Waals surface area contributed by atoms with Crippen LogP contribution < -0.4 is 0 Å². The van der Waals surface area contributed by atoms with Crippen LogP contribution in [0.2, 0.25) is 0 Å².